The predicted octanol–water partition coefficient (Wildman–Crippen LogP) is 2.83. The molecule has 16 heavy (non-hydrogen) atoms. The lowest BCUT2D eigenvalue weighted by molar-refractivity contribution is 0.101. The Kier molecular flexibility index (Phi) is 3.31. The highest BCUT2D eigenvalue weighted by Gasteiger charge is 2.01. The molecule has 0 bridgehead atoms. The van der Waals surface area contributed by atoms with Crippen LogP contribution in [0.15, 0.2) is 52.8 Å². The number of ketones is 1. The number of hydrogen-bond acceptors (Lipinski definition) is 4. The fourth-order valence-electron chi connectivity index (χ4n) is 1.18. The summed E-state index contributed by atoms with van der Waals surface area (Å²) in [5, 5.41) is 0.871. The van der Waals surface area contributed by atoms with E-state index in [4.69, 9.17) is 0 Å². The van der Waals surface area contributed by atoms with Gasteiger partial charge in [0.05, 0.1) is 0 Å². The van der Waals surface area contributed by atoms with Crippen molar-refractivity contribution in [1.82, 2.24) is 9.97 Å². The molecule has 0 aromatic carbocycles. The van der Waals surface area contributed by atoms with Gasteiger partial charge in [-0.25, -0.2) is 4.98 Å². The highest BCUT2D eigenvalue weighted by atomic mass is 32.2. The largest absolute Gasteiger partial charge is 0.294 e. The Morgan fingerprint density at radius 3 is 2.50 bits per heavy atom. The molecule has 0 unspecified atom stereocenters. The number of Topliss-reactive ketones (excluding diaryl/α,β-unsaturated/α-hetero) is 1. The van der Waals surface area contributed by atoms with Crippen LogP contribution in [0.1, 0.15) is 17.3 Å². The topological polar surface area (TPSA) is 42.9 Å². The summed E-state index contributed by atoms with van der Waals surface area (Å²) in [7, 11) is 0. The van der Waals surface area contributed by atoms with Crippen LogP contribution in [-0.2, 0) is 0 Å². The van der Waals surface area contributed by atoms with Gasteiger partial charge in [-0.05, 0) is 31.2 Å². The molecule has 0 aliphatic carbocycles. The van der Waals surface area contributed by atoms with Gasteiger partial charge in [0.1, 0.15) is 5.03 Å². The average molecular weight is 230 g/mol. The molecular formula is C12H10N2OS. The van der Waals surface area contributed by atoms with E-state index >= 15 is 0 Å². The number of pyridine rings is 2. The van der Waals surface area contributed by atoms with Crippen LogP contribution in [-0.4, -0.2) is 15.8 Å². The Hall–Kier alpha value is -1.68. The molecule has 0 amide bonds. The van der Waals surface area contributed by atoms with E-state index in [2.05, 4.69) is 9.97 Å². The zero-order valence-electron chi connectivity index (χ0n) is 8.75. The minimum atomic E-state index is 0.0351. The van der Waals surface area contributed by atoms with Gasteiger partial charge in [-0.15, -0.1) is 0 Å². The van der Waals surface area contributed by atoms with E-state index in [1.807, 2.05) is 18.2 Å². The van der Waals surface area contributed by atoms with Crippen molar-refractivity contribution in [2.24, 2.45) is 0 Å². The first-order valence-corrected chi connectivity index (χ1v) is 5.62. The summed E-state index contributed by atoms with van der Waals surface area (Å²) in [4.78, 5) is 20.3. The van der Waals surface area contributed by atoms with E-state index in [1.54, 1.807) is 36.4 Å². The number of hydrogen-bond donors (Lipinski definition) is 0. The van der Waals surface area contributed by atoms with E-state index in [0.717, 1.165) is 9.92 Å². The summed E-state index contributed by atoms with van der Waals surface area (Å²) in [6.07, 6.45) is 5.09. The lowest BCUT2D eigenvalue weighted by Gasteiger charge is -2.00. The predicted molar refractivity (Wildman–Crippen MR) is 62.6 cm³/mol. The lowest BCUT2D eigenvalue weighted by Crippen LogP contribution is -1.92. The van der Waals surface area contributed by atoms with E-state index < -0.39 is 0 Å². The zero-order valence-corrected chi connectivity index (χ0v) is 9.57. The van der Waals surface area contributed by atoms with E-state index in [9.17, 15) is 4.79 Å². The molecule has 0 radical (unpaired) electrons. The molecule has 0 aliphatic heterocycles. The van der Waals surface area contributed by atoms with Crippen LogP contribution in [0.5, 0.6) is 0 Å². The SMILES string of the molecule is CC(=O)c1ccc(Sc2ccncc2)nc1. The van der Waals surface area contributed by atoms with Gasteiger partial charge in [0.2, 0.25) is 0 Å². The second-order valence-electron chi connectivity index (χ2n) is 3.23. The molecule has 2 aromatic rings. The molecule has 80 valence electrons. The number of nitrogens with zero attached hydrogens (tertiary/aromatic N) is 2. The standard InChI is InChI=1S/C12H10N2OS/c1-9(15)10-2-3-12(14-8-10)16-11-4-6-13-7-5-11/h2-8H,1H3. The Morgan fingerprint density at radius 1 is 1.19 bits per heavy atom. The Balaban J connectivity index is 2.14. The fraction of sp³-hybridized carbons (Fsp3) is 0.0833. The van der Waals surface area contributed by atoms with Crippen molar-refractivity contribution in [1.29, 1.82) is 0 Å². The summed E-state index contributed by atoms with van der Waals surface area (Å²) in [6.45, 7) is 1.53. The molecule has 4 heteroatoms. The van der Waals surface area contributed by atoms with Crippen LogP contribution >= 0.6 is 11.8 Å². The minimum Gasteiger partial charge on any atom is -0.294 e. The molecule has 0 atom stereocenters. The zero-order chi connectivity index (χ0) is 11.4. The molecule has 0 N–H and O–H groups in total. The maximum atomic E-state index is 11.1. The molecule has 2 rings (SSSR count). The Bertz CT molecular complexity index is 482. The van der Waals surface area contributed by atoms with Crippen LogP contribution in [0.4, 0.5) is 0 Å². The van der Waals surface area contributed by atoms with Gasteiger partial charge < -0.3 is 0 Å². The highest BCUT2D eigenvalue weighted by molar-refractivity contribution is 7.99. The normalized spacial score (nSPS) is 10.1. The second kappa shape index (κ2) is 4.90. The molecule has 0 saturated carbocycles. The summed E-state index contributed by atoms with van der Waals surface area (Å²) < 4.78 is 0. The van der Waals surface area contributed by atoms with Crippen LogP contribution in [0.3, 0.4) is 0 Å². The number of rotatable bonds is 3. The van der Waals surface area contributed by atoms with Crippen molar-refractivity contribution in [3.05, 3.63) is 48.4 Å². The van der Waals surface area contributed by atoms with Crippen molar-refractivity contribution in [2.45, 2.75) is 16.8 Å². The average Bonchev–Trinajstić information content (AvgIpc) is 2.31. The van der Waals surface area contributed by atoms with Gasteiger partial charge in [-0.1, -0.05) is 11.8 Å². The number of carbonyl (C=O) groups is 1. The van der Waals surface area contributed by atoms with Crippen LogP contribution in [0, 0.1) is 0 Å². The Labute approximate surface area is 97.9 Å². The molecule has 2 heterocycles. The van der Waals surface area contributed by atoms with Crippen molar-refractivity contribution in [2.75, 3.05) is 0 Å². The maximum absolute atomic E-state index is 11.1. The summed E-state index contributed by atoms with van der Waals surface area (Å²) in [6, 6.07) is 7.48. The Morgan fingerprint density at radius 2 is 1.94 bits per heavy atom. The number of aromatic nitrogens is 2. The number of carbonyl (C=O) groups excluding carboxylic acids is 1. The van der Waals surface area contributed by atoms with Gasteiger partial charge in [-0.3, -0.25) is 9.78 Å². The highest BCUT2D eigenvalue weighted by Crippen LogP contribution is 2.24. The van der Waals surface area contributed by atoms with Gasteiger partial charge in [-0.2, -0.15) is 0 Å². The summed E-state index contributed by atoms with van der Waals surface area (Å²) in [5.41, 5.74) is 0.638. The quantitative estimate of drug-likeness (QED) is 0.760. The molecule has 0 spiro atoms. The monoisotopic (exact) mass is 230 g/mol. The molecule has 3 nitrogen and oxygen atoms in total. The summed E-state index contributed by atoms with van der Waals surface area (Å²) >= 11 is 1.55. The first kappa shape index (κ1) is 10.8. The van der Waals surface area contributed by atoms with Crippen molar-refractivity contribution in [3.63, 3.8) is 0 Å². The van der Waals surface area contributed by atoms with E-state index in [1.165, 1.54) is 6.92 Å². The van der Waals surface area contributed by atoms with Crippen LogP contribution in [0.2, 0.25) is 0 Å². The maximum Gasteiger partial charge on any atom is 0.161 e. The fourth-order valence-corrected chi connectivity index (χ4v) is 1.92. The first-order valence-electron chi connectivity index (χ1n) is 4.80. The minimum absolute atomic E-state index is 0.0351. The summed E-state index contributed by atoms with van der Waals surface area (Å²) in [5.74, 6) is 0.0351. The van der Waals surface area contributed by atoms with Crippen molar-refractivity contribution >= 4 is 17.5 Å². The first-order chi connectivity index (χ1) is 7.75. The van der Waals surface area contributed by atoms with Crippen LogP contribution < -0.4 is 0 Å². The van der Waals surface area contributed by atoms with Gasteiger partial charge in [0, 0.05) is 29.0 Å². The third kappa shape index (κ3) is 2.67. The third-order valence-electron chi connectivity index (χ3n) is 2.02. The van der Waals surface area contributed by atoms with Crippen molar-refractivity contribution in [3.8, 4) is 0 Å². The molecular weight excluding hydrogens is 220 g/mol. The van der Waals surface area contributed by atoms with Gasteiger partial charge in [0.15, 0.2) is 5.78 Å². The molecule has 2 aromatic heterocycles. The van der Waals surface area contributed by atoms with Crippen LogP contribution in [0.25, 0.3) is 0 Å². The molecule has 0 fully saturated rings. The van der Waals surface area contributed by atoms with Crippen molar-refractivity contribution < 1.29 is 4.79 Å². The third-order valence-corrected chi connectivity index (χ3v) is 2.97. The molecule has 0 aliphatic rings. The van der Waals surface area contributed by atoms with E-state index in [-0.39, 0.29) is 5.78 Å². The lowest BCUT2D eigenvalue weighted by atomic mass is 10.2. The van der Waals surface area contributed by atoms with E-state index in [0.29, 0.717) is 5.56 Å². The van der Waals surface area contributed by atoms with Gasteiger partial charge in [0.25, 0.3) is 0 Å². The smallest absolute Gasteiger partial charge is 0.161 e. The molecule has 0 saturated heterocycles. The second-order valence-corrected chi connectivity index (χ2v) is 4.32. The van der Waals surface area contributed by atoms with Gasteiger partial charge >= 0.3 is 0 Å².